The first kappa shape index (κ1) is 15.1. The van der Waals surface area contributed by atoms with Gasteiger partial charge in [0.15, 0.2) is 6.61 Å². The summed E-state index contributed by atoms with van der Waals surface area (Å²) < 4.78 is 5.30. The number of amides is 1. The minimum absolute atomic E-state index is 0.0958. The molecule has 0 aromatic heterocycles. The normalized spacial score (nSPS) is 11.2. The highest BCUT2D eigenvalue weighted by molar-refractivity contribution is 6.42. The summed E-state index contributed by atoms with van der Waals surface area (Å²) >= 11 is 11.6. The summed E-state index contributed by atoms with van der Waals surface area (Å²) in [4.78, 5) is 11.6. The second kappa shape index (κ2) is 6.27. The van der Waals surface area contributed by atoms with Crippen LogP contribution < -0.4 is 15.8 Å². The SMILES string of the molecule is CC(C)(CN)NC(=O)COc1ccc(Cl)c(Cl)c1. The molecule has 3 N–H and O–H groups in total. The number of carbonyl (C=O) groups excluding carboxylic acids is 1. The van der Waals surface area contributed by atoms with E-state index in [-0.39, 0.29) is 12.5 Å². The fraction of sp³-hybridized carbons (Fsp3) is 0.417. The molecule has 4 nitrogen and oxygen atoms in total. The van der Waals surface area contributed by atoms with Crippen molar-refractivity contribution < 1.29 is 9.53 Å². The van der Waals surface area contributed by atoms with Crippen LogP contribution in [-0.2, 0) is 4.79 Å². The minimum Gasteiger partial charge on any atom is -0.484 e. The van der Waals surface area contributed by atoms with Crippen molar-refractivity contribution in [3.8, 4) is 5.75 Å². The van der Waals surface area contributed by atoms with Gasteiger partial charge in [-0.1, -0.05) is 23.2 Å². The van der Waals surface area contributed by atoms with Crippen LogP contribution in [0.1, 0.15) is 13.8 Å². The van der Waals surface area contributed by atoms with Crippen molar-refractivity contribution in [3.05, 3.63) is 28.2 Å². The van der Waals surface area contributed by atoms with Crippen molar-refractivity contribution >= 4 is 29.1 Å². The average molecular weight is 291 g/mol. The third-order valence-corrected chi connectivity index (χ3v) is 2.99. The fourth-order valence-corrected chi connectivity index (χ4v) is 1.47. The molecule has 0 fully saturated rings. The van der Waals surface area contributed by atoms with Gasteiger partial charge < -0.3 is 15.8 Å². The first-order valence-electron chi connectivity index (χ1n) is 5.43. The lowest BCUT2D eigenvalue weighted by molar-refractivity contribution is -0.124. The van der Waals surface area contributed by atoms with E-state index < -0.39 is 5.54 Å². The van der Waals surface area contributed by atoms with E-state index in [1.807, 2.05) is 13.8 Å². The molecule has 0 saturated heterocycles. The molecule has 0 radical (unpaired) electrons. The minimum atomic E-state index is -0.446. The van der Waals surface area contributed by atoms with E-state index in [9.17, 15) is 4.79 Å². The van der Waals surface area contributed by atoms with E-state index in [1.54, 1.807) is 18.2 Å². The Morgan fingerprint density at radius 2 is 2.06 bits per heavy atom. The zero-order valence-electron chi connectivity index (χ0n) is 10.3. The number of hydrogen-bond acceptors (Lipinski definition) is 3. The molecule has 0 atom stereocenters. The number of ether oxygens (including phenoxy) is 1. The Morgan fingerprint density at radius 1 is 1.39 bits per heavy atom. The van der Waals surface area contributed by atoms with Crippen molar-refractivity contribution in [2.24, 2.45) is 5.73 Å². The molecule has 100 valence electrons. The lowest BCUT2D eigenvalue weighted by atomic mass is 10.1. The number of carbonyl (C=O) groups is 1. The number of nitrogens with one attached hydrogen (secondary N) is 1. The highest BCUT2D eigenvalue weighted by Gasteiger charge is 2.18. The van der Waals surface area contributed by atoms with Gasteiger partial charge in [-0.2, -0.15) is 0 Å². The third kappa shape index (κ3) is 4.72. The molecule has 0 bridgehead atoms. The molecule has 0 aliphatic rings. The molecular formula is C12H16Cl2N2O2. The van der Waals surface area contributed by atoms with E-state index in [0.29, 0.717) is 22.3 Å². The molecule has 0 aliphatic carbocycles. The number of benzene rings is 1. The van der Waals surface area contributed by atoms with Crippen LogP contribution in [0.15, 0.2) is 18.2 Å². The lowest BCUT2D eigenvalue weighted by Crippen LogP contribution is -2.50. The lowest BCUT2D eigenvalue weighted by Gasteiger charge is -2.24. The first-order chi connectivity index (χ1) is 8.34. The fourth-order valence-electron chi connectivity index (χ4n) is 1.18. The van der Waals surface area contributed by atoms with Crippen LogP contribution in [0.25, 0.3) is 0 Å². The van der Waals surface area contributed by atoms with Crippen molar-refractivity contribution in [1.29, 1.82) is 0 Å². The summed E-state index contributed by atoms with van der Waals surface area (Å²) in [5.41, 5.74) is 5.06. The van der Waals surface area contributed by atoms with Gasteiger partial charge in [0.05, 0.1) is 10.0 Å². The molecule has 0 heterocycles. The Hall–Kier alpha value is -0.970. The van der Waals surface area contributed by atoms with Gasteiger partial charge >= 0.3 is 0 Å². The maximum Gasteiger partial charge on any atom is 0.258 e. The van der Waals surface area contributed by atoms with Gasteiger partial charge in [0, 0.05) is 18.2 Å². The second-order valence-electron chi connectivity index (χ2n) is 4.50. The van der Waals surface area contributed by atoms with E-state index >= 15 is 0 Å². The predicted molar refractivity (Wildman–Crippen MR) is 73.2 cm³/mol. The Morgan fingerprint density at radius 3 is 2.61 bits per heavy atom. The first-order valence-corrected chi connectivity index (χ1v) is 6.18. The average Bonchev–Trinajstić information content (AvgIpc) is 2.30. The second-order valence-corrected chi connectivity index (χ2v) is 5.32. The Kier molecular flexibility index (Phi) is 5.26. The zero-order valence-corrected chi connectivity index (χ0v) is 11.8. The van der Waals surface area contributed by atoms with Crippen molar-refractivity contribution in [1.82, 2.24) is 5.32 Å². The standard InChI is InChI=1S/C12H16Cl2N2O2/c1-12(2,7-15)16-11(17)6-18-8-3-4-9(13)10(14)5-8/h3-5H,6-7,15H2,1-2H3,(H,16,17). The Bertz CT molecular complexity index is 436. The highest BCUT2D eigenvalue weighted by atomic mass is 35.5. The van der Waals surface area contributed by atoms with Crippen LogP contribution in [0.4, 0.5) is 0 Å². The van der Waals surface area contributed by atoms with Gasteiger partial charge in [-0.3, -0.25) is 4.79 Å². The summed E-state index contributed by atoms with van der Waals surface area (Å²) in [6.45, 7) is 3.93. The van der Waals surface area contributed by atoms with E-state index in [0.717, 1.165) is 0 Å². The molecule has 18 heavy (non-hydrogen) atoms. The molecule has 1 rings (SSSR count). The number of rotatable bonds is 5. The van der Waals surface area contributed by atoms with Crippen LogP contribution >= 0.6 is 23.2 Å². The van der Waals surface area contributed by atoms with Crippen LogP contribution in [0.2, 0.25) is 10.0 Å². The topological polar surface area (TPSA) is 64.3 Å². The summed E-state index contributed by atoms with van der Waals surface area (Å²) in [7, 11) is 0. The largest absolute Gasteiger partial charge is 0.484 e. The monoisotopic (exact) mass is 290 g/mol. The maximum atomic E-state index is 11.6. The van der Waals surface area contributed by atoms with Crippen LogP contribution in [0.3, 0.4) is 0 Å². The summed E-state index contributed by atoms with van der Waals surface area (Å²) in [5.74, 6) is 0.252. The smallest absolute Gasteiger partial charge is 0.258 e. The van der Waals surface area contributed by atoms with Crippen LogP contribution in [0.5, 0.6) is 5.75 Å². The Balaban J connectivity index is 2.50. The van der Waals surface area contributed by atoms with Gasteiger partial charge in [-0.25, -0.2) is 0 Å². The van der Waals surface area contributed by atoms with Crippen molar-refractivity contribution in [2.75, 3.05) is 13.2 Å². The van der Waals surface area contributed by atoms with Gasteiger partial charge in [-0.05, 0) is 26.0 Å². The molecule has 6 heteroatoms. The van der Waals surface area contributed by atoms with Gasteiger partial charge in [0.2, 0.25) is 0 Å². The molecule has 0 saturated carbocycles. The van der Waals surface area contributed by atoms with E-state index in [4.69, 9.17) is 33.7 Å². The zero-order chi connectivity index (χ0) is 13.8. The van der Waals surface area contributed by atoms with Gasteiger partial charge in [-0.15, -0.1) is 0 Å². The van der Waals surface area contributed by atoms with Crippen molar-refractivity contribution in [2.45, 2.75) is 19.4 Å². The number of hydrogen-bond donors (Lipinski definition) is 2. The predicted octanol–water partition coefficient (Wildman–Crippen LogP) is 2.23. The molecule has 0 unspecified atom stereocenters. The number of nitrogens with two attached hydrogens (primary N) is 1. The summed E-state index contributed by atoms with van der Waals surface area (Å²) in [6.07, 6.45) is 0. The van der Waals surface area contributed by atoms with Crippen molar-refractivity contribution in [3.63, 3.8) is 0 Å². The molecular weight excluding hydrogens is 275 g/mol. The molecule has 1 amide bonds. The summed E-state index contributed by atoms with van der Waals surface area (Å²) in [6, 6.07) is 4.82. The Labute approximate surface area is 116 Å². The highest BCUT2D eigenvalue weighted by Crippen LogP contribution is 2.26. The van der Waals surface area contributed by atoms with Crippen LogP contribution in [-0.4, -0.2) is 24.6 Å². The summed E-state index contributed by atoms with van der Waals surface area (Å²) in [5, 5.41) is 3.58. The maximum absolute atomic E-state index is 11.6. The third-order valence-electron chi connectivity index (χ3n) is 2.25. The molecule has 0 aliphatic heterocycles. The quantitative estimate of drug-likeness (QED) is 0.874. The molecule has 1 aromatic rings. The van der Waals surface area contributed by atoms with Gasteiger partial charge in [0.1, 0.15) is 5.75 Å². The van der Waals surface area contributed by atoms with E-state index in [2.05, 4.69) is 5.32 Å². The van der Waals surface area contributed by atoms with Crippen LogP contribution in [0, 0.1) is 0 Å². The van der Waals surface area contributed by atoms with E-state index in [1.165, 1.54) is 0 Å². The number of halogens is 2. The molecule has 1 aromatic carbocycles. The molecule has 0 spiro atoms. The van der Waals surface area contributed by atoms with Gasteiger partial charge in [0.25, 0.3) is 5.91 Å².